The second kappa shape index (κ2) is 2.10. The lowest BCUT2D eigenvalue weighted by Gasteiger charge is -1.80. The van der Waals surface area contributed by atoms with Crippen molar-refractivity contribution >= 4 is 16.7 Å². The number of benzene rings is 1. The van der Waals surface area contributed by atoms with E-state index in [9.17, 15) is 0 Å². The summed E-state index contributed by atoms with van der Waals surface area (Å²) >= 11 is 0. The second-order valence-corrected chi connectivity index (χ2v) is 2.24. The number of furan rings is 1. The third-order valence-corrected chi connectivity index (χ3v) is 1.55. The van der Waals surface area contributed by atoms with Crippen molar-refractivity contribution in [2.75, 3.05) is 0 Å². The molecule has 1 aromatic heterocycles. The van der Waals surface area contributed by atoms with Gasteiger partial charge in [0.25, 0.3) is 0 Å². The Kier molecular flexibility index (Phi) is 1.13. The summed E-state index contributed by atoms with van der Waals surface area (Å²) in [6, 6.07) is 7.03. The minimum absolute atomic E-state index is 0.541. The van der Waals surface area contributed by atoms with Crippen molar-refractivity contribution in [1.82, 2.24) is 0 Å². The number of fused-ring (bicyclic) bond motifs is 1. The summed E-state index contributed by atoms with van der Waals surface area (Å²) in [5.74, 6) is 0. The van der Waals surface area contributed by atoms with E-state index in [0.717, 1.165) is 11.0 Å². The number of diazo groups is 1. The van der Waals surface area contributed by atoms with E-state index in [4.69, 9.17) is 9.81 Å². The van der Waals surface area contributed by atoms with E-state index in [1.165, 1.54) is 0 Å². The fourth-order valence-corrected chi connectivity index (χ4v) is 1.02. The summed E-state index contributed by atoms with van der Waals surface area (Å²) in [4.78, 5) is 3.06. The van der Waals surface area contributed by atoms with Gasteiger partial charge in [-0.3, -0.25) is 0 Å². The summed E-state index contributed by atoms with van der Waals surface area (Å²) in [6.07, 6.45) is 1.60. The highest BCUT2D eigenvalue weighted by Crippen LogP contribution is 2.21. The first-order valence-corrected chi connectivity index (χ1v) is 3.22. The molecule has 0 amide bonds. The molecule has 0 aliphatic carbocycles. The monoisotopic (exact) mass is 145 g/mol. The van der Waals surface area contributed by atoms with Gasteiger partial charge in [-0.05, 0) is 12.1 Å². The number of hydrogen-bond donors (Lipinski definition) is 0. The molecule has 0 N–H and O–H groups in total. The standard InChI is InChI=1S/C8H5N2O/c9-10-7-1-2-8-6(5-7)3-4-11-8/h1-5H/q+1. The van der Waals surface area contributed by atoms with E-state index in [2.05, 4.69) is 4.98 Å². The maximum absolute atomic E-state index is 8.43. The van der Waals surface area contributed by atoms with Crippen LogP contribution >= 0.6 is 0 Å². The Bertz CT molecular complexity index is 425. The van der Waals surface area contributed by atoms with Crippen molar-refractivity contribution in [3.63, 3.8) is 0 Å². The molecule has 3 nitrogen and oxygen atoms in total. The number of rotatable bonds is 0. The molecule has 0 fully saturated rings. The summed E-state index contributed by atoms with van der Waals surface area (Å²) in [5, 5.41) is 9.37. The Morgan fingerprint density at radius 1 is 1.27 bits per heavy atom. The van der Waals surface area contributed by atoms with Crippen LogP contribution < -0.4 is 0 Å². The number of hydrogen-bond acceptors (Lipinski definition) is 2. The fourth-order valence-electron chi connectivity index (χ4n) is 1.02. The zero-order chi connectivity index (χ0) is 7.68. The van der Waals surface area contributed by atoms with Gasteiger partial charge in [0.2, 0.25) is 5.39 Å². The molecule has 0 aliphatic rings. The molecule has 2 rings (SSSR count). The Hall–Kier alpha value is -1.82. The van der Waals surface area contributed by atoms with Gasteiger partial charge >= 0.3 is 5.69 Å². The molecule has 0 bridgehead atoms. The molecule has 11 heavy (non-hydrogen) atoms. The molecular weight excluding hydrogens is 140 g/mol. The van der Waals surface area contributed by atoms with Gasteiger partial charge in [0.15, 0.2) is 4.98 Å². The largest absolute Gasteiger partial charge is 0.464 e. The number of nitrogens with zero attached hydrogens (tertiary/aromatic N) is 2. The molecule has 0 spiro atoms. The van der Waals surface area contributed by atoms with Crippen molar-refractivity contribution in [2.24, 2.45) is 0 Å². The van der Waals surface area contributed by atoms with Crippen LogP contribution in [0.25, 0.3) is 15.9 Å². The quantitative estimate of drug-likeness (QED) is 0.535. The van der Waals surface area contributed by atoms with Crippen LogP contribution in [0, 0.1) is 5.39 Å². The predicted octanol–water partition coefficient (Wildman–Crippen LogP) is 2.92. The Labute approximate surface area is 62.9 Å². The Balaban J connectivity index is 2.79. The van der Waals surface area contributed by atoms with Crippen molar-refractivity contribution in [3.8, 4) is 0 Å². The summed E-state index contributed by atoms with van der Waals surface area (Å²) in [6.45, 7) is 0. The van der Waals surface area contributed by atoms with Crippen molar-refractivity contribution in [3.05, 3.63) is 35.5 Å². The molecule has 0 atom stereocenters. The molecule has 52 valence electrons. The summed E-state index contributed by atoms with van der Waals surface area (Å²) in [7, 11) is 0. The lowest BCUT2D eigenvalue weighted by molar-refractivity contribution is 0.616. The van der Waals surface area contributed by atoms with E-state index >= 15 is 0 Å². The molecule has 2 aromatic rings. The van der Waals surface area contributed by atoms with Gasteiger partial charge in [0.05, 0.1) is 6.26 Å². The average molecular weight is 145 g/mol. The van der Waals surface area contributed by atoms with Gasteiger partial charge in [0, 0.05) is 17.5 Å². The Morgan fingerprint density at radius 3 is 3.00 bits per heavy atom. The van der Waals surface area contributed by atoms with Crippen LogP contribution in [0.2, 0.25) is 0 Å². The van der Waals surface area contributed by atoms with E-state index in [-0.39, 0.29) is 0 Å². The van der Waals surface area contributed by atoms with Gasteiger partial charge in [0.1, 0.15) is 5.58 Å². The average Bonchev–Trinajstić information content (AvgIpc) is 2.50. The van der Waals surface area contributed by atoms with Gasteiger partial charge in [-0.1, -0.05) is 0 Å². The van der Waals surface area contributed by atoms with Gasteiger partial charge in [-0.15, -0.1) is 0 Å². The second-order valence-electron chi connectivity index (χ2n) is 2.24. The fraction of sp³-hybridized carbons (Fsp3) is 0. The lowest BCUT2D eigenvalue weighted by atomic mass is 10.2. The van der Waals surface area contributed by atoms with E-state index < -0.39 is 0 Å². The Morgan fingerprint density at radius 2 is 2.18 bits per heavy atom. The van der Waals surface area contributed by atoms with E-state index in [1.807, 2.05) is 6.07 Å². The normalized spacial score (nSPS) is 9.73. The first kappa shape index (κ1) is 5.93. The molecule has 1 aromatic carbocycles. The molecule has 0 radical (unpaired) electrons. The highest BCUT2D eigenvalue weighted by molar-refractivity contribution is 5.81. The minimum Gasteiger partial charge on any atom is -0.464 e. The van der Waals surface area contributed by atoms with Gasteiger partial charge in [-0.25, -0.2) is 0 Å². The third kappa shape index (κ3) is 0.849. The van der Waals surface area contributed by atoms with E-state index in [0.29, 0.717) is 5.69 Å². The zero-order valence-corrected chi connectivity index (χ0v) is 5.69. The van der Waals surface area contributed by atoms with Gasteiger partial charge in [-0.2, -0.15) is 0 Å². The first-order chi connectivity index (χ1) is 5.40. The molecule has 0 aliphatic heterocycles. The minimum atomic E-state index is 0.541. The third-order valence-electron chi connectivity index (χ3n) is 1.55. The lowest BCUT2D eigenvalue weighted by Crippen LogP contribution is -1.61. The topological polar surface area (TPSA) is 41.3 Å². The molecule has 0 saturated heterocycles. The molecule has 0 unspecified atom stereocenters. The summed E-state index contributed by atoms with van der Waals surface area (Å²) < 4.78 is 5.09. The van der Waals surface area contributed by atoms with Crippen LogP contribution in [0.1, 0.15) is 0 Å². The molecule has 1 heterocycles. The van der Waals surface area contributed by atoms with Crippen LogP contribution in [0.3, 0.4) is 0 Å². The molecule has 0 saturated carbocycles. The predicted molar refractivity (Wildman–Crippen MR) is 41.0 cm³/mol. The maximum atomic E-state index is 8.43. The highest BCUT2D eigenvalue weighted by atomic mass is 16.3. The van der Waals surface area contributed by atoms with Crippen LogP contribution in [0.4, 0.5) is 5.69 Å². The SMILES string of the molecule is N#[N+]c1ccc2occc2c1. The van der Waals surface area contributed by atoms with Crippen molar-refractivity contribution in [2.45, 2.75) is 0 Å². The van der Waals surface area contributed by atoms with E-state index in [1.54, 1.807) is 24.5 Å². The van der Waals surface area contributed by atoms with Crippen LogP contribution in [-0.2, 0) is 0 Å². The summed E-state index contributed by atoms with van der Waals surface area (Å²) in [5.41, 5.74) is 1.34. The maximum Gasteiger partial charge on any atom is 0.385 e. The first-order valence-electron chi connectivity index (χ1n) is 3.22. The van der Waals surface area contributed by atoms with Crippen LogP contribution in [0.15, 0.2) is 34.9 Å². The van der Waals surface area contributed by atoms with Gasteiger partial charge < -0.3 is 4.42 Å². The smallest absolute Gasteiger partial charge is 0.385 e. The van der Waals surface area contributed by atoms with Crippen LogP contribution in [0.5, 0.6) is 0 Å². The molecule has 3 heteroatoms. The highest BCUT2D eigenvalue weighted by Gasteiger charge is 2.05. The van der Waals surface area contributed by atoms with Crippen LogP contribution in [-0.4, -0.2) is 0 Å². The van der Waals surface area contributed by atoms with Crippen molar-refractivity contribution < 1.29 is 4.42 Å². The zero-order valence-electron chi connectivity index (χ0n) is 5.69. The molecular formula is C8H5N2O+. The van der Waals surface area contributed by atoms with Crippen molar-refractivity contribution in [1.29, 1.82) is 5.39 Å².